The highest BCUT2D eigenvalue weighted by molar-refractivity contribution is 6.35. The molecular formula is C24H23ClN6O2. The Kier molecular flexibility index (Phi) is 6.02. The Balaban J connectivity index is 1.90. The van der Waals surface area contributed by atoms with Crippen LogP contribution in [0.25, 0.3) is 16.5 Å². The van der Waals surface area contributed by atoms with Gasteiger partial charge >= 0.3 is 0 Å². The van der Waals surface area contributed by atoms with Gasteiger partial charge in [0.1, 0.15) is 11.4 Å². The molecular weight excluding hydrogens is 440 g/mol. The molecule has 1 amide bonds. The zero-order chi connectivity index (χ0) is 23.7. The van der Waals surface area contributed by atoms with Crippen molar-refractivity contribution < 1.29 is 4.79 Å². The maximum Gasteiger partial charge on any atom is 0.264 e. The molecule has 0 bridgehead atoms. The molecule has 2 aromatic carbocycles. The molecule has 8 nitrogen and oxygen atoms in total. The highest BCUT2D eigenvalue weighted by Crippen LogP contribution is 2.28. The van der Waals surface area contributed by atoms with Crippen molar-refractivity contribution in [2.24, 2.45) is 0 Å². The molecule has 0 aliphatic carbocycles. The molecule has 0 fully saturated rings. The Morgan fingerprint density at radius 2 is 1.88 bits per heavy atom. The van der Waals surface area contributed by atoms with E-state index in [1.165, 1.54) is 11.1 Å². The smallest absolute Gasteiger partial charge is 0.264 e. The molecule has 0 unspecified atom stereocenters. The zero-order valence-electron chi connectivity index (χ0n) is 18.4. The lowest BCUT2D eigenvalue weighted by Crippen LogP contribution is -2.27. The van der Waals surface area contributed by atoms with Crippen LogP contribution >= 0.6 is 11.6 Å². The first-order valence-electron chi connectivity index (χ1n) is 10.3. The van der Waals surface area contributed by atoms with Crippen molar-refractivity contribution in [3.8, 4) is 5.69 Å². The van der Waals surface area contributed by atoms with Gasteiger partial charge in [-0.05, 0) is 36.6 Å². The molecule has 4 rings (SSSR count). The van der Waals surface area contributed by atoms with Crippen LogP contribution in [0.5, 0.6) is 0 Å². The van der Waals surface area contributed by atoms with E-state index < -0.39 is 6.04 Å². The summed E-state index contributed by atoms with van der Waals surface area (Å²) in [6.45, 7) is 1.88. The number of nitrogens with one attached hydrogen (secondary N) is 1. The van der Waals surface area contributed by atoms with E-state index >= 15 is 0 Å². The van der Waals surface area contributed by atoms with E-state index in [1.807, 2.05) is 49.4 Å². The van der Waals surface area contributed by atoms with E-state index in [2.05, 4.69) is 15.3 Å². The van der Waals surface area contributed by atoms with E-state index in [9.17, 15) is 9.59 Å². The molecule has 0 saturated heterocycles. The maximum atomic E-state index is 13.6. The van der Waals surface area contributed by atoms with Crippen molar-refractivity contribution in [2.75, 3.05) is 25.1 Å². The van der Waals surface area contributed by atoms with Gasteiger partial charge in [0.05, 0.1) is 16.5 Å². The number of nitrogens with zero attached hydrogens (tertiary/aromatic N) is 4. The van der Waals surface area contributed by atoms with Gasteiger partial charge < -0.3 is 16.0 Å². The lowest BCUT2D eigenvalue weighted by Gasteiger charge is -2.23. The van der Waals surface area contributed by atoms with Crippen LogP contribution in [0.1, 0.15) is 29.0 Å². The third-order valence-corrected chi connectivity index (χ3v) is 5.59. The van der Waals surface area contributed by atoms with Crippen molar-refractivity contribution in [2.45, 2.75) is 13.0 Å². The van der Waals surface area contributed by atoms with Gasteiger partial charge in [-0.2, -0.15) is 4.98 Å². The van der Waals surface area contributed by atoms with Crippen LogP contribution in [0, 0.1) is 0 Å². The zero-order valence-corrected chi connectivity index (χ0v) is 19.2. The fourth-order valence-corrected chi connectivity index (χ4v) is 3.95. The van der Waals surface area contributed by atoms with Crippen LogP contribution in [-0.2, 0) is 0 Å². The summed E-state index contributed by atoms with van der Waals surface area (Å²) in [5, 5.41) is 4.79. The predicted molar refractivity (Wildman–Crippen MR) is 131 cm³/mol. The van der Waals surface area contributed by atoms with Crippen LogP contribution < -0.4 is 16.6 Å². The van der Waals surface area contributed by atoms with Gasteiger partial charge in [-0.3, -0.25) is 14.2 Å². The summed E-state index contributed by atoms with van der Waals surface area (Å²) < 4.78 is 1.61. The van der Waals surface area contributed by atoms with Crippen molar-refractivity contribution in [1.82, 2.24) is 19.4 Å². The number of para-hydroxylation sites is 1. The van der Waals surface area contributed by atoms with Gasteiger partial charge in [-0.15, -0.1) is 0 Å². The first kappa shape index (κ1) is 22.3. The van der Waals surface area contributed by atoms with Crippen molar-refractivity contribution in [3.63, 3.8) is 0 Å². The fraction of sp³-hybridized carbons (Fsp3) is 0.167. The Labute approximate surface area is 195 Å². The number of fused-ring (bicyclic) bond motifs is 1. The number of pyridine rings is 1. The predicted octanol–water partition coefficient (Wildman–Crippen LogP) is 3.89. The Hall–Kier alpha value is -3.91. The van der Waals surface area contributed by atoms with Gasteiger partial charge in [0.15, 0.2) is 0 Å². The molecule has 4 aromatic rings. The number of hydrogen-bond donors (Lipinski definition) is 2. The number of halogens is 1. The van der Waals surface area contributed by atoms with Gasteiger partial charge in [-0.25, -0.2) is 4.98 Å². The molecule has 1 atom stereocenters. The van der Waals surface area contributed by atoms with Crippen LogP contribution in [0.3, 0.4) is 0 Å². The van der Waals surface area contributed by atoms with Gasteiger partial charge in [0.25, 0.3) is 11.5 Å². The number of carbonyl (C=O) groups excluding carboxylic acids is 1. The molecule has 2 aromatic heterocycles. The lowest BCUT2D eigenvalue weighted by molar-refractivity contribution is 0.0827. The molecule has 0 saturated carbocycles. The van der Waals surface area contributed by atoms with Gasteiger partial charge in [0, 0.05) is 31.7 Å². The van der Waals surface area contributed by atoms with Crippen LogP contribution in [-0.4, -0.2) is 39.4 Å². The number of carbonyl (C=O) groups is 1. The maximum absolute atomic E-state index is 13.6. The van der Waals surface area contributed by atoms with Gasteiger partial charge in [-0.1, -0.05) is 41.9 Å². The number of anilines is 2. The van der Waals surface area contributed by atoms with E-state index in [0.717, 1.165) is 5.39 Å². The minimum Gasteiger partial charge on any atom is -0.368 e. The third-order valence-electron chi connectivity index (χ3n) is 5.28. The molecule has 0 spiro atoms. The quantitative estimate of drug-likeness (QED) is 0.466. The number of aromatic nitrogens is 3. The lowest BCUT2D eigenvalue weighted by atomic mass is 10.1. The van der Waals surface area contributed by atoms with Crippen LogP contribution in [0.15, 0.2) is 65.6 Å². The largest absolute Gasteiger partial charge is 0.368 e. The van der Waals surface area contributed by atoms with E-state index in [0.29, 0.717) is 21.8 Å². The minimum atomic E-state index is -0.427. The molecule has 33 heavy (non-hydrogen) atoms. The molecule has 168 valence electrons. The second kappa shape index (κ2) is 8.91. The Bertz CT molecular complexity index is 1400. The Morgan fingerprint density at radius 1 is 1.15 bits per heavy atom. The number of benzene rings is 2. The van der Waals surface area contributed by atoms with Crippen molar-refractivity contribution in [1.29, 1.82) is 0 Å². The summed E-state index contributed by atoms with van der Waals surface area (Å²) in [6, 6.07) is 16.1. The summed E-state index contributed by atoms with van der Waals surface area (Å²) in [5.41, 5.74) is 7.20. The SMILES string of the molecule is C[C@H](Nc1nc(N)ncc1C(=O)N(C)C)c1cc2cccc(Cl)c2c(=O)n1-c1ccccc1. The average Bonchev–Trinajstić information content (AvgIpc) is 2.79. The average molecular weight is 463 g/mol. The molecule has 0 aliphatic rings. The normalized spacial score (nSPS) is 11.9. The topological polar surface area (TPSA) is 106 Å². The summed E-state index contributed by atoms with van der Waals surface area (Å²) in [7, 11) is 3.29. The highest BCUT2D eigenvalue weighted by atomic mass is 35.5. The second-order valence-corrected chi connectivity index (χ2v) is 8.21. The van der Waals surface area contributed by atoms with E-state index in [4.69, 9.17) is 17.3 Å². The number of amides is 1. The second-order valence-electron chi connectivity index (χ2n) is 7.81. The molecule has 0 aliphatic heterocycles. The monoisotopic (exact) mass is 462 g/mol. The fourth-order valence-electron chi connectivity index (χ4n) is 3.68. The van der Waals surface area contributed by atoms with Gasteiger partial charge in [0.2, 0.25) is 5.95 Å². The molecule has 3 N–H and O–H groups in total. The first-order valence-corrected chi connectivity index (χ1v) is 10.7. The number of nitrogens with two attached hydrogens (primary N) is 1. The van der Waals surface area contributed by atoms with Crippen LogP contribution in [0.4, 0.5) is 11.8 Å². The number of nitrogen functional groups attached to an aromatic ring is 1. The minimum absolute atomic E-state index is 0.0331. The molecule has 2 heterocycles. The molecule has 0 radical (unpaired) electrons. The van der Waals surface area contributed by atoms with Crippen molar-refractivity contribution >= 4 is 40.0 Å². The first-order chi connectivity index (χ1) is 15.8. The standard InChI is InChI=1S/C24H23ClN6O2/c1-14(28-21-17(22(32)30(2)3)13-27-24(26)29-21)19-12-15-8-7-11-18(25)20(15)23(33)31(19)16-9-5-4-6-10-16/h4-14H,1-3H3,(H3,26,27,28,29)/t14-/m0/s1. The summed E-state index contributed by atoms with van der Waals surface area (Å²) in [4.78, 5) is 35.9. The molecule has 9 heteroatoms. The summed E-state index contributed by atoms with van der Waals surface area (Å²) in [5.74, 6) is 0.0492. The number of hydrogen-bond acceptors (Lipinski definition) is 6. The van der Waals surface area contributed by atoms with Crippen LogP contribution in [0.2, 0.25) is 5.02 Å². The summed E-state index contributed by atoms with van der Waals surface area (Å²) in [6.07, 6.45) is 1.39. The highest BCUT2D eigenvalue weighted by Gasteiger charge is 2.21. The Morgan fingerprint density at radius 3 is 2.58 bits per heavy atom. The third kappa shape index (κ3) is 4.25. The number of rotatable bonds is 5. The van der Waals surface area contributed by atoms with E-state index in [-0.39, 0.29) is 28.8 Å². The summed E-state index contributed by atoms with van der Waals surface area (Å²) >= 11 is 6.38. The van der Waals surface area contributed by atoms with Crippen molar-refractivity contribution in [3.05, 3.63) is 87.4 Å². The van der Waals surface area contributed by atoms with E-state index in [1.54, 1.807) is 30.8 Å².